The first-order chi connectivity index (χ1) is 14.9. The average Bonchev–Trinajstić information content (AvgIpc) is 3.18. The van der Waals surface area contributed by atoms with Crippen LogP contribution >= 0.6 is 35.0 Å². The van der Waals surface area contributed by atoms with Gasteiger partial charge in [-0.2, -0.15) is 0 Å². The maximum atomic E-state index is 12.6. The second kappa shape index (κ2) is 11.2. The second-order valence-electron chi connectivity index (χ2n) is 7.60. The Labute approximate surface area is 196 Å². The lowest BCUT2D eigenvalue weighted by atomic mass is 9.95. The number of benzene rings is 1. The highest BCUT2D eigenvalue weighted by atomic mass is 35.5. The van der Waals surface area contributed by atoms with Crippen molar-refractivity contribution < 1.29 is 9.59 Å². The summed E-state index contributed by atoms with van der Waals surface area (Å²) in [4.78, 5) is 24.9. The molecule has 2 aromatic rings. The molecular weight excluding hydrogens is 457 g/mol. The minimum Gasteiger partial charge on any atom is -0.353 e. The van der Waals surface area contributed by atoms with Gasteiger partial charge in [-0.25, -0.2) is 0 Å². The highest BCUT2D eigenvalue weighted by Gasteiger charge is 2.21. The van der Waals surface area contributed by atoms with Crippen molar-refractivity contribution in [1.29, 1.82) is 0 Å². The molecule has 10 heteroatoms. The van der Waals surface area contributed by atoms with Crippen LogP contribution in [-0.4, -0.2) is 38.4 Å². The van der Waals surface area contributed by atoms with Crippen LogP contribution in [0.4, 0.5) is 0 Å². The van der Waals surface area contributed by atoms with E-state index < -0.39 is 0 Å². The van der Waals surface area contributed by atoms with Gasteiger partial charge >= 0.3 is 0 Å². The van der Waals surface area contributed by atoms with Gasteiger partial charge in [0.1, 0.15) is 0 Å². The summed E-state index contributed by atoms with van der Waals surface area (Å²) in [6.07, 6.45) is 5.72. The van der Waals surface area contributed by atoms with Crippen LogP contribution in [0.15, 0.2) is 23.4 Å². The molecule has 1 heterocycles. The third kappa shape index (κ3) is 6.37. The number of halogens is 2. The lowest BCUT2D eigenvalue weighted by Crippen LogP contribution is -2.37. The van der Waals surface area contributed by atoms with E-state index in [0.717, 1.165) is 12.8 Å². The number of rotatable bonds is 8. The van der Waals surface area contributed by atoms with E-state index >= 15 is 0 Å². The molecule has 0 spiro atoms. The number of nitrogens with one attached hydrogen (secondary N) is 2. The Morgan fingerprint density at radius 2 is 1.94 bits per heavy atom. The van der Waals surface area contributed by atoms with E-state index in [1.54, 1.807) is 12.1 Å². The topological polar surface area (TPSA) is 88.9 Å². The minimum absolute atomic E-state index is 0.0186. The number of nitrogens with zero attached hydrogens (tertiary/aromatic N) is 3. The molecule has 7 nitrogen and oxygen atoms in total. The number of hydrogen-bond donors (Lipinski definition) is 2. The number of hydrogen-bond acceptors (Lipinski definition) is 5. The van der Waals surface area contributed by atoms with E-state index in [1.807, 2.05) is 18.4 Å². The van der Waals surface area contributed by atoms with Crippen LogP contribution < -0.4 is 10.6 Å². The predicted molar refractivity (Wildman–Crippen MR) is 124 cm³/mol. The Bertz CT molecular complexity index is 930. The molecule has 0 unspecified atom stereocenters. The normalized spacial score (nSPS) is 15.5. The van der Waals surface area contributed by atoms with E-state index in [9.17, 15) is 9.59 Å². The summed E-state index contributed by atoms with van der Waals surface area (Å²) in [5.74, 6) is 0.660. The maximum absolute atomic E-state index is 12.6. The zero-order chi connectivity index (χ0) is 22.4. The summed E-state index contributed by atoms with van der Waals surface area (Å²) in [6, 6.07) is 4.65. The van der Waals surface area contributed by atoms with Gasteiger partial charge in [0.2, 0.25) is 5.91 Å². The van der Waals surface area contributed by atoms with Crippen molar-refractivity contribution in [3.8, 4) is 0 Å². The van der Waals surface area contributed by atoms with Crippen LogP contribution in [0, 0.1) is 0 Å². The van der Waals surface area contributed by atoms with E-state index in [4.69, 9.17) is 23.2 Å². The summed E-state index contributed by atoms with van der Waals surface area (Å²) in [6.45, 7) is 4.45. The zero-order valence-corrected chi connectivity index (χ0v) is 20.0. The molecule has 1 fully saturated rings. The van der Waals surface area contributed by atoms with Crippen LogP contribution in [-0.2, 0) is 11.3 Å². The summed E-state index contributed by atoms with van der Waals surface area (Å²) in [7, 11) is 0. The van der Waals surface area contributed by atoms with Gasteiger partial charge in [0.15, 0.2) is 11.0 Å². The lowest BCUT2D eigenvalue weighted by molar-refractivity contribution is -0.119. The molecular formula is C21H27Cl2N5O2S. The summed E-state index contributed by atoms with van der Waals surface area (Å²) in [5, 5.41) is 15.9. The first-order valence-electron chi connectivity index (χ1n) is 10.5. The van der Waals surface area contributed by atoms with Crippen molar-refractivity contribution >= 4 is 46.8 Å². The Balaban J connectivity index is 1.59. The van der Waals surface area contributed by atoms with Crippen molar-refractivity contribution in [2.24, 2.45) is 0 Å². The Morgan fingerprint density at radius 1 is 1.19 bits per heavy atom. The Hall–Kier alpha value is -1.77. The van der Waals surface area contributed by atoms with Crippen LogP contribution in [0.25, 0.3) is 0 Å². The number of carbonyl (C=O) groups is 2. The van der Waals surface area contributed by atoms with Gasteiger partial charge in [0, 0.05) is 18.2 Å². The van der Waals surface area contributed by atoms with Crippen LogP contribution in [0.1, 0.15) is 68.2 Å². The predicted octanol–water partition coefficient (Wildman–Crippen LogP) is 4.64. The van der Waals surface area contributed by atoms with Crippen LogP contribution in [0.3, 0.4) is 0 Å². The third-order valence-corrected chi connectivity index (χ3v) is 6.99. The highest BCUT2D eigenvalue weighted by molar-refractivity contribution is 7.99. The van der Waals surface area contributed by atoms with E-state index in [0.29, 0.717) is 38.9 Å². The molecule has 0 saturated heterocycles. The molecule has 0 aliphatic heterocycles. The van der Waals surface area contributed by atoms with Gasteiger partial charge < -0.3 is 15.2 Å². The number of carbonyl (C=O) groups excluding carboxylic acids is 2. The zero-order valence-electron chi connectivity index (χ0n) is 17.7. The summed E-state index contributed by atoms with van der Waals surface area (Å²) >= 11 is 13.3. The largest absolute Gasteiger partial charge is 0.353 e. The maximum Gasteiger partial charge on any atom is 0.251 e. The van der Waals surface area contributed by atoms with E-state index in [2.05, 4.69) is 20.8 Å². The van der Waals surface area contributed by atoms with Crippen molar-refractivity contribution in [3.63, 3.8) is 0 Å². The third-order valence-electron chi connectivity index (χ3n) is 5.28. The number of amides is 2. The molecule has 2 amide bonds. The Morgan fingerprint density at radius 3 is 2.61 bits per heavy atom. The molecule has 1 saturated carbocycles. The average molecular weight is 484 g/mol. The first kappa shape index (κ1) is 23.9. The van der Waals surface area contributed by atoms with E-state index in [-0.39, 0.29) is 23.9 Å². The number of thioether (sulfide) groups is 1. The fourth-order valence-corrected chi connectivity index (χ4v) is 4.77. The number of aromatic nitrogens is 3. The van der Waals surface area contributed by atoms with Gasteiger partial charge in [-0.15, -0.1) is 10.2 Å². The molecule has 31 heavy (non-hydrogen) atoms. The van der Waals surface area contributed by atoms with Gasteiger partial charge in [-0.1, -0.05) is 54.2 Å². The van der Waals surface area contributed by atoms with Crippen molar-refractivity contribution in [2.75, 3.05) is 5.75 Å². The molecule has 1 aliphatic carbocycles. The molecule has 1 aliphatic rings. The monoisotopic (exact) mass is 483 g/mol. The molecule has 0 bridgehead atoms. The smallest absolute Gasteiger partial charge is 0.251 e. The van der Waals surface area contributed by atoms with Gasteiger partial charge in [-0.05, 0) is 44.9 Å². The quantitative estimate of drug-likeness (QED) is 0.533. The standard InChI is InChI=1S/C21H27Cl2N5O2S/c1-3-28-19(13(2)24-20(30)14-9-10-16(22)17(23)11-14)26-27-21(28)31-12-18(29)25-15-7-5-4-6-8-15/h9-11,13,15H,3-8,12H2,1-2H3,(H,24,30)(H,25,29)/t13-/m0/s1. The van der Waals surface area contributed by atoms with Crippen LogP contribution in [0.2, 0.25) is 10.0 Å². The highest BCUT2D eigenvalue weighted by Crippen LogP contribution is 2.24. The molecule has 1 atom stereocenters. The Kier molecular flexibility index (Phi) is 8.63. The minimum atomic E-state index is -0.375. The SMILES string of the molecule is CCn1c(SCC(=O)NC2CCCCC2)nnc1[C@H](C)NC(=O)c1ccc(Cl)c(Cl)c1. The van der Waals surface area contributed by atoms with Crippen molar-refractivity contribution in [2.45, 2.75) is 69.7 Å². The lowest BCUT2D eigenvalue weighted by Gasteiger charge is -2.22. The van der Waals surface area contributed by atoms with Gasteiger partial charge in [0.25, 0.3) is 5.91 Å². The van der Waals surface area contributed by atoms with Gasteiger partial charge in [-0.3, -0.25) is 9.59 Å². The van der Waals surface area contributed by atoms with Crippen LogP contribution in [0.5, 0.6) is 0 Å². The first-order valence-corrected chi connectivity index (χ1v) is 12.2. The second-order valence-corrected chi connectivity index (χ2v) is 9.36. The van der Waals surface area contributed by atoms with E-state index in [1.165, 1.54) is 37.1 Å². The molecule has 1 aromatic carbocycles. The molecule has 1 aromatic heterocycles. The fourth-order valence-electron chi connectivity index (χ4n) is 3.65. The van der Waals surface area contributed by atoms with Crippen molar-refractivity contribution in [1.82, 2.24) is 25.4 Å². The van der Waals surface area contributed by atoms with Crippen molar-refractivity contribution in [3.05, 3.63) is 39.6 Å². The van der Waals surface area contributed by atoms with Gasteiger partial charge in [0.05, 0.1) is 21.8 Å². The molecule has 3 rings (SSSR count). The molecule has 168 valence electrons. The molecule has 0 radical (unpaired) electrons. The summed E-state index contributed by atoms with van der Waals surface area (Å²) in [5.41, 5.74) is 0.415. The summed E-state index contributed by atoms with van der Waals surface area (Å²) < 4.78 is 1.92. The fraction of sp³-hybridized carbons (Fsp3) is 0.524. The molecule has 2 N–H and O–H groups in total.